The Hall–Kier alpha value is -1.07. The summed E-state index contributed by atoms with van der Waals surface area (Å²) in [4.78, 5) is 0.248. The molecular weight excluding hydrogens is 216 g/mol. The Labute approximate surface area is 89.4 Å². The highest BCUT2D eigenvalue weighted by atomic mass is 32.2. The number of hydrogen-bond donors (Lipinski definition) is 1. The Morgan fingerprint density at radius 3 is 2.53 bits per heavy atom. The zero-order valence-electron chi connectivity index (χ0n) is 8.73. The fourth-order valence-electron chi connectivity index (χ4n) is 1.33. The molecule has 0 heterocycles. The SMILES string of the molecule is COc1ccc(S(=O)(=O)CCO)c(C)c1. The molecular formula is C10H14O4S. The summed E-state index contributed by atoms with van der Waals surface area (Å²) in [5, 5.41) is 8.65. The summed E-state index contributed by atoms with van der Waals surface area (Å²) in [7, 11) is -1.85. The summed E-state index contributed by atoms with van der Waals surface area (Å²) >= 11 is 0. The van der Waals surface area contributed by atoms with Crippen LogP contribution in [0.1, 0.15) is 5.56 Å². The maximum Gasteiger partial charge on any atom is 0.180 e. The Morgan fingerprint density at radius 2 is 2.07 bits per heavy atom. The van der Waals surface area contributed by atoms with E-state index in [0.29, 0.717) is 11.3 Å². The van der Waals surface area contributed by atoms with Gasteiger partial charge in [0.2, 0.25) is 0 Å². The van der Waals surface area contributed by atoms with Crippen LogP contribution in [0.3, 0.4) is 0 Å². The molecule has 5 heteroatoms. The van der Waals surface area contributed by atoms with Crippen molar-refractivity contribution >= 4 is 9.84 Å². The van der Waals surface area contributed by atoms with Crippen LogP contribution in [0.2, 0.25) is 0 Å². The molecule has 0 amide bonds. The molecule has 1 aromatic carbocycles. The predicted molar refractivity (Wildman–Crippen MR) is 56.9 cm³/mol. The van der Waals surface area contributed by atoms with Crippen LogP contribution in [0, 0.1) is 6.92 Å². The lowest BCUT2D eigenvalue weighted by Crippen LogP contribution is -2.11. The van der Waals surface area contributed by atoms with E-state index in [1.54, 1.807) is 19.1 Å². The van der Waals surface area contributed by atoms with Crippen LogP contribution >= 0.6 is 0 Å². The van der Waals surface area contributed by atoms with Gasteiger partial charge in [-0.05, 0) is 30.7 Å². The van der Waals surface area contributed by atoms with Gasteiger partial charge in [-0.1, -0.05) is 0 Å². The van der Waals surface area contributed by atoms with Crippen LogP contribution in [0.5, 0.6) is 5.75 Å². The third-order valence-corrected chi connectivity index (χ3v) is 3.93. The second-order valence-electron chi connectivity index (χ2n) is 3.17. The van der Waals surface area contributed by atoms with Crippen molar-refractivity contribution in [3.63, 3.8) is 0 Å². The Morgan fingerprint density at radius 1 is 1.40 bits per heavy atom. The minimum atomic E-state index is -3.37. The molecule has 0 saturated heterocycles. The van der Waals surface area contributed by atoms with Gasteiger partial charge in [0.1, 0.15) is 5.75 Å². The van der Waals surface area contributed by atoms with Crippen molar-refractivity contribution < 1.29 is 18.3 Å². The van der Waals surface area contributed by atoms with Crippen molar-refractivity contribution in [3.05, 3.63) is 23.8 Å². The Kier molecular flexibility index (Phi) is 3.71. The first-order valence-electron chi connectivity index (χ1n) is 4.49. The minimum absolute atomic E-state index is 0.248. The average Bonchev–Trinajstić information content (AvgIpc) is 2.17. The highest BCUT2D eigenvalue weighted by Gasteiger charge is 2.16. The fourth-order valence-corrected chi connectivity index (χ4v) is 2.61. The van der Waals surface area contributed by atoms with Gasteiger partial charge in [0.05, 0.1) is 24.4 Å². The van der Waals surface area contributed by atoms with Gasteiger partial charge in [-0.3, -0.25) is 0 Å². The van der Waals surface area contributed by atoms with Crippen molar-refractivity contribution in [3.8, 4) is 5.75 Å². The maximum absolute atomic E-state index is 11.7. The van der Waals surface area contributed by atoms with Gasteiger partial charge >= 0.3 is 0 Å². The lowest BCUT2D eigenvalue weighted by atomic mass is 10.2. The molecule has 1 N–H and O–H groups in total. The van der Waals surface area contributed by atoms with Gasteiger partial charge in [-0.25, -0.2) is 8.42 Å². The number of rotatable bonds is 4. The van der Waals surface area contributed by atoms with E-state index in [1.807, 2.05) is 0 Å². The molecule has 0 aliphatic carbocycles. The van der Waals surface area contributed by atoms with Gasteiger partial charge in [-0.15, -0.1) is 0 Å². The van der Waals surface area contributed by atoms with E-state index in [4.69, 9.17) is 9.84 Å². The van der Waals surface area contributed by atoms with Crippen LogP contribution in [0.25, 0.3) is 0 Å². The third kappa shape index (κ3) is 2.70. The van der Waals surface area contributed by atoms with Crippen molar-refractivity contribution in [2.24, 2.45) is 0 Å². The molecule has 84 valence electrons. The number of sulfone groups is 1. The van der Waals surface area contributed by atoms with Gasteiger partial charge in [0, 0.05) is 0 Å². The van der Waals surface area contributed by atoms with E-state index in [2.05, 4.69) is 0 Å². The first kappa shape index (κ1) is 12.0. The van der Waals surface area contributed by atoms with Crippen molar-refractivity contribution in [2.75, 3.05) is 19.5 Å². The van der Waals surface area contributed by atoms with Crippen LogP contribution in [-0.4, -0.2) is 33.0 Å². The molecule has 0 aromatic heterocycles. The summed E-state index contributed by atoms with van der Waals surface area (Å²) < 4.78 is 28.3. The molecule has 0 aliphatic heterocycles. The van der Waals surface area contributed by atoms with Crippen LogP contribution in [0.15, 0.2) is 23.1 Å². The molecule has 0 spiro atoms. The molecule has 4 nitrogen and oxygen atoms in total. The minimum Gasteiger partial charge on any atom is -0.497 e. The van der Waals surface area contributed by atoms with Gasteiger partial charge in [0.25, 0.3) is 0 Å². The number of aliphatic hydroxyl groups excluding tert-OH is 1. The Balaban J connectivity index is 3.16. The summed E-state index contributed by atoms with van der Waals surface area (Å²) in [6.07, 6.45) is 0. The monoisotopic (exact) mass is 230 g/mol. The average molecular weight is 230 g/mol. The quantitative estimate of drug-likeness (QED) is 0.829. The van der Waals surface area contributed by atoms with E-state index in [1.165, 1.54) is 13.2 Å². The lowest BCUT2D eigenvalue weighted by molar-refractivity contribution is 0.319. The fraction of sp³-hybridized carbons (Fsp3) is 0.400. The molecule has 1 rings (SSSR count). The van der Waals surface area contributed by atoms with Crippen molar-refractivity contribution in [1.82, 2.24) is 0 Å². The number of aliphatic hydroxyl groups is 1. The predicted octanol–water partition coefficient (Wildman–Crippen LogP) is 0.770. The van der Waals surface area contributed by atoms with Crippen molar-refractivity contribution in [2.45, 2.75) is 11.8 Å². The van der Waals surface area contributed by atoms with E-state index < -0.39 is 9.84 Å². The lowest BCUT2D eigenvalue weighted by Gasteiger charge is -2.08. The number of ether oxygens (including phenoxy) is 1. The smallest absolute Gasteiger partial charge is 0.180 e. The van der Waals surface area contributed by atoms with Gasteiger partial charge < -0.3 is 9.84 Å². The summed E-state index contributed by atoms with van der Waals surface area (Å²) in [6.45, 7) is 1.33. The standard InChI is InChI=1S/C10H14O4S/c1-8-7-9(14-2)3-4-10(8)15(12,13)6-5-11/h3-4,7,11H,5-6H2,1-2H3. The zero-order valence-corrected chi connectivity index (χ0v) is 9.54. The molecule has 1 aromatic rings. The highest BCUT2D eigenvalue weighted by Crippen LogP contribution is 2.21. The third-order valence-electron chi connectivity index (χ3n) is 2.08. The molecule has 0 aliphatic rings. The molecule has 0 saturated carbocycles. The van der Waals surface area contributed by atoms with E-state index >= 15 is 0 Å². The molecule has 15 heavy (non-hydrogen) atoms. The number of aryl methyl sites for hydroxylation is 1. The first-order valence-corrected chi connectivity index (χ1v) is 6.15. The first-order chi connectivity index (χ1) is 7.01. The number of benzene rings is 1. The number of methoxy groups -OCH3 is 1. The second-order valence-corrected chi connectivity index (χ2v) is 5.25. The van der Waals surface area contributed by atoms with Crippen LogP contribution in [0.4, 0.5) is 0 Å². The number of hydrogen-bond acceptors (Lipinski definition) is 4. The van der Waals surface area contributed by atoms with Crippen LogP contribution < -0.4 is 4.74 Å². The summed E-state index contributed by atoms with van der Waals surface area (Å²) in [5.74, 6) is 0.371. The second kappa shape index (κ2) is 4.63. The molecule has 0 radical (unpaired) electrons. The topological polar surface area (TPSA) is 63.6 Å². The molecule has 0 bridgehead atoms. The highest BCUT2D eigenvalue weighted by molar-refractivity contribution is 7.91. The normalized spacial score (nSPS) is 11.4. The summed E-state index contributed by atoms with van der Waals surface area (Å²) in [6, 6.07) is 4.75. The Bertz CT molecular complexity index is 437. The van der Waals surface area contributed by atoms with E-state index in [-0.39, 0.29) is 17.3 Å². The van der Waals surface area contributed by atoms with Gasteiger partial charge in [0.15, 0.2) is 9.84 Å². The molecule has 0 unspecified atom stereocenters. The maximum atomic E-state index is 11.7. The zero-order chi connectivity index (χ0) is 11.5. The van der Waals surface area contributed by atoms with E-state index in [9.17, 15) is 8.42 Å². The van der Waals surface area contributed by atoms with Crippen molar-refractivity contribution in [1.29, 1.82) is 0 Å². The largest absolute Gasteiger partial charge is 0.497 e. The van der Waals surface area contributed by atoms with Gasteiger partial charge in [-0.2, -0.15) is 0 Å². The van der Waals surface area contributed by atoms with Crippen LogP contribution in [-0.2, 0) is 9.84 Å². The van der Waals surface area contributed by atoms with E-state index in [0.717, 1.165) is 0 Å². The molecule has 0 fully saturated rings. The summed E-state index contributed by atoms with van der Waals surface area (Å²) in [5.41, 5.74) is 0.628. The molecule has 0 atom stereocenters.